The normalized spacial score (nSPS) is 15.3. The molecule has 1 amide bonds. The highest BCUT2D eigenvalue weighted by atomic mass is 32.2. The van der Waals surface area contributed by atoms with Crippen LogP contribution < -0.4 is 4.90 Å². The minimum atomic E-state index is -4.52. The molecular formula is C23H13F3N4O4S2. The summed E-state index contributed by atoms with van der Waals surface area (Å²) in [5, 5.41) is 28.9. The maximum Gasteiger partial charge on any atom is 0.416 e. The number of carbonyl (C=O) groups is 1. The molecule has 1 N–H and O–H groups in total. The molecule has 1 aliphatic heterocycles. The minimum Gasteiger partial charge on any atom is -0.507 e. The minimum absolute atomic E-state index is 0.0107. The molecule has 3 aromatic rings. The molecule has 0 saturated carbocycles. The quantitative estimate of drug-likeness (QED) is 0.123. The van der Waals surface area contributed by atoms with Gasteiger partial charge in [0.25, 0.3) is 11.6 Å². The second-order valence-electron chi connectivity index (χ2n) is 7.28. The van der Waals surface area contributed by atoms with Crippen molar-refractivity contribution in [2.24, 2.45) is 10.2 Å². The number of azo groups is 1. The number of thioether (sulfide) groups is 1. The number of alkyl halides is 3. The first-order valence-electron chi connectivity index (χ1n) is 9.97. The highest BCUT2D eigenvalue weighted by Crippen LogP contribution is 2.38. The van der Waals surface area contributed by atoms with Crippen molar-refractivity contribution in [1.29, 1.82) is 0 Å². The lowest BCUT2D eigenvalue weighted by Gasteiger charge is -2.13. The second kappa shape index (κ2) is 9.87. The number of non-ortho nitro benzene ring substituents is 1. The standard InChI is InChI=1S/C23H13F3N4O4S2/c24-23(25,26)14-2-1-3-15(12-14)27-28-16-4-9-19(31)13(10-16)11-20-21(32)29(22(35)36-20)17-5-7-18(8-6-17)30(33)34/h1-12,31H/b20-11-,28-27?. The number of amides is 1. The molecule has 1 heterocycles. The van der Waals surface area contributed by atoms with Crippen LogP contribution in [0.4, 0.5) is 35.9 Å². The molecule has 0 spiro atoms. The van der Waals surface area contributed by atoms with Crippen LogP contribution in [0.3, 0.4) is 0 Å². The average molecular weight is 531 g/mol. The van der Waals surface area contributed by atoms with Gasteiger partial charge in [-0.25, -0.2) is 0 Å². The highest BCUT2D eigenvalue weighted by molar-refractivity contribution is 8.27. The Morgan fingerprint density at radius 2 is 1.69 bits per heavy atom. The zero-order valence-electron chi connectivity index (χ0n) is 17.8. The van der Waals surface area contributed by atoms with E-state index in [2.05, 4.69) is 10.2 Å². The van der Waals surface area contributed by atoms with Gasteiger partial charge in [0.15, 0.2) is 4.32 Å². The highest BCUT2D eigenvalue weighted by Gasteiger charge is 2.34. The second-order valence-corrected chi connectivity index (χ2v) is 8.96. The van der Waals surface area contributed by atoms with Crippen molar-refractivity contribution in [2.75, 3.05) is 4.90 Å². The van der Waals surface area contributed by atoms with Gasteiger partial charge in [0.1, 0.15) is 5.75 Å². The maximum absolute atomic E-state index is 13.0. The Labute approximate surface area is 210 Å². The summed E-state index contributed by atoms with van der Waals surface area (Å²) in [6.07, 6.45) is -3.12. The predicted molar refractivity (Wildman–Crippen MR) is 132 cm³/mol. The molecule has 0 bridgehead atoms. The Balaban J connectivity index is 1.58. The first-order chi connectivity index (χ1) is 17.0. The fourth-order valence-electron chi connectivity index (χ4n) is 3.13. The molecule has 0 aromatic heterocycles. The number of nitrogens with zero attached hydrogens (tertiary/aromatic N) is 4. The molecule has 13 heteroatoms. The number of anilines is 1. The van der Waals surface area contributed by atoms with Gasteiger partial charge in [-0.15, -0.1) is 0 Å². The largest absolute Gasteiger partial charge is 0.507 e. The van der Waals surface area contributed by atoms with E-state index in [-0.39, 0.29) is 37.6 Å². The first kappa shape index (κ1) is 25.0. The smallest absolute Gasteiger partial charge is 0.416 e. The van der Waals surface area contributed by atoms with Gasteiger partial charge >= 0.3 is 6.18 Å². The number of nitro groups is 1. The van der Waals surface area contributed by atoms with E-state index in [1.807, 2.05) is 0 Å². The molecule has 8 nitrogen and oxygen atoms in total. The number of hydrogen-bond acceptors (Lipinski definition) is 8. The van der Waals surface area contributed by atoms with Crippen molar-refractivity contribution in [2.45, 2.75) is 6.18 Å². The molecule has 3 aromatic carbocycles. The monoisotopic (exact) mass is 530 g/mol. The van der Waals surface area contributed by atoms with Crippen LogP contribution in [0.2, 0.25) is 0 Å². The summed E-state index contributed by atoms with van der Waals surface area (Å²) in [5.41, 5.74) is -0.231. The third-order valence-electron chi connectivity index (χ3n) is 4.86. The average Bonchev–Trinajstić information content (AvgIpc) is 3.11. The van der Waals surface area contributed by atoms with Crippen molar-refractivity contribution < 1.29 is 28.0 Å². The third-order valence-corrected chi connectivity index (χ3v) is 6.17. The number of hydrogen-bond donors (Lipinski definition) is 1. The SMILES string of the molecule is O=C1/C(=C/c2cc(N=Nc3cccc(C(F)(F)F)c3)ccc2O)SC(=S)N1c1ccc([N+](=O)[O-])cc1. The van der Waals surface area contributed by atoms with Crippen LogP contribution in [0.5, 0.6) is 5.75 Å². The number of rotatable bonds is 5. The molecule has 0 aliphatic carbocycles. The van der Waals surface area contributed by atoms with E-state index < -0.39 is 22.6 Å². The van der Waals surface area contributed by atoms with Crippen LogP contribution in [0, 0.1) is 10.1 Å². The summed E-state index contributed by atoms with van der Waals surface area (Å²) in [7, 11) is 0. The zero-order valence-corrected chi connectivity index (χ0v) is 19.5. The topological polar surface area (TPSA) is 108 Å². The van der Waals surface area contributed by atoms with Crippen LogP contribution in [-0.2, 0) is 11.0 Å². The van der Waals surface area contributed by atoms with Crippen LogP contribution in [0.25, 0.3) is 6.08 Å². The number of aromatic hydroxyl groups is 1. The van der Waals surface area contributed by atoms with E-state index in [9.17, 15) is 33.2 Å². The van der Waals surface area contributed by atoms with E-state index in [1.54, 1.807) is 0 Å². The van der Waals surface area contributed by atoms with Crippen LogP contribution in [0.1, 0.15) is 11.1 Å². The number of phenols is 1. The summed E-state index contributed by atoms with van der Waals surface area (Å²) in [6.45, 7) is 0. The lowest BCUT2D eigenvalue weighted by molar-refractivity contribution is -0.384. The van der Waals surface area contributed by atoms with Gasteiger partial charge in [0.2, 0.25) is 0 Å². The lowest BCUT2D eigenvalue weighted by Crippen LogP contribution is -2.27. The van der Waals surface area contributed by atoms with Gasteiger partial charge in [0.05, 0.1) is 32.5 Å². The molecule has 1 aliphatic rings. The molecule has 0 unspecified atom stereocenters. The molecule has 182 valence electrons. The number of benzene rings is 3. The van der Waals surface area contributed by atoms with Crippen molar-refractivity contribution in [3.63, 3.8) is 0 Å². The Morgan fingerprint density at radius 3 is 2.33 bits per heavy atom. The van der Waals surface area contributed by atoms with E-state index in [0.29, 0.717) is 5.69 Å². The van der Waals surface area contributed by atoms with Gasteiger partial charge in [-0.1, -0.05) is 30.0 Å². The Morgan fingerprint density at radius 1 is 1.03 bits per heavy atom. The van der Waals surface area contributed by atoms with Crippen LogP contribution >= 0.6 is 24.0 Å². The Hall–Kier alpha value is -4.10. The predicted octanol–water partition coefficient (Wildman–Crippen LogP) is 7.14. The fourth-order valence-corrected chi connectivity index (χ4v) is 4.42. The first-order valence-corrected chi connectivity index (χ1v) is 11.2. The van der Waals surface area contributed by atoms with Gasteiger partial charge in [-0.05, 0) is 54.6 Å². The lowest BCUT2D eigenvalue weighted by atomic mass is 10.1. The molecule has 1 fully saturated rings. The Kier molecular flexibility index (Phi) is 6.86. The summed E-state index contributed by atoms with van der Waals surface area (Å²) in [4.78, 5) is 24.7. The Bertz CT molecular complexity index is 1440. The van der Waals surface area contributed by atoms with E-state index in [0.717, 1.165) is 23.9 Å². The number of phenolic OH excluding ortho intramolecular Hbond substituents is 1. The van der Waals surface area contributed by atoms with Gasteiger partial charge in [-0.2, -0.15) is 23.4 Å². The van der Waals surface area contributed by atoms with Crippen molar-refractivity contribution in [1.82, 2.24) is 0 Å². The number of nitro benzene ring substituents is 1. The van der Waals surface area contributed by atoms with Gasteiger partial charge in [0, 0.05) is 17.7 Å². The summed E-state index contributed by atoms with van der Waals surface area (Å²) >= 11 is 6.26. The van der Waals surface area contributed by atoms with E-state index in [1.165, 1.54) is 65.6 Å². The number of thiocarbonyl (C=S) groups is 1. The van der Waals surface area contributed by atoms with E-state index >= 15 is 0 Å². The van der Waals surface area contributed by atoms with Crippen molar-refractivity contribution >= 4 is 63.0 Å². The van der Waals surface area contributed by atoms with Crippen molar-refractivity contribution in [3.05, 3.63) is 92.9 Å². The fraction of sp³-hybridized carbons (Fsp3) is 0.0435. The zero-order chi connectivity index (χ0) is 26.0. The molecular weight excluding hydrogens is 517 g/mol. The third kappa shape index (κ3) is 5.42. The van der Waals surface area contributed by atoms with E-state index in [4.69, 9.17) is 12.2 Å². The number of halogens is 3. The van der Waals surface area contributed by atoms with Crippen molar-refractivity contribution in [3.8, 4) is 5.75 Å². The molecule has 0 atom stereocenters. The summed E-state index contributed by atoms with van der Waals surface area (Å²) < 4.78 is 38.9. The molecule has 0 radical (unpaired) electrons. The summed E-state index contributed by atoms with van der Waals surface area (Å²) in [5.74, 6) is -0.664. The van der Waals surface area contributed by atoms with Crippen LogP contribution in [-0.4, -0.2) is 20.3 Å². The number of carbonyl (C=O) groups excluding carboxylic acids is 1. The summed E-state index contributed by atoms with van der Waals surface area (Å²) in [6, 6.07) is 13.8. The molecule has 4 rings (SSSR count). The van der Waals surface area contributed by atoms with Crippen LogP contribution in [0.15, 0.2) is 81.9 Å². The maximum atomic E-state index is 13.0. The molecule has 1 saturated heterocycles. The van der Waals surface area contributed by atoms with Gasteiger partial charge < -0.3 is 5.11 Å². The van der Waals surface area contributed by atoms with Gasteiger partial charge in [-0.3, -0.25) is 19.8 Å². The molecule has 36 heavy (non-hydrogen) atoms.